The number of fused-ring (bicyclic) bond motifs is 1. The van der Waals surface area contributed by atoms with Crippen molar-refractivity contribution in [2.75, 3.05) is 27.3 Å². The Morgan fingerprint density at radius 3 is 2.06 bits per heavy atom. The Morgan fingerprint density at radius 2 is 1.50 bits per heavy atom. The van der Waals surface area contributed by atoms with Crippen LogP contribution < -0.4 is 9.47 Å². The lowest BCUT2D eigenvalue weighted by Gasteiger charge is -2.45. The van der Waals surface area contributed by atoms with Crippen molar-refractivity contribution >= 4 is 5.78 Å². The highest BCUT2D eigenvalue weighted by molar-refractivity contribution is 6.04. The van der Waals surface area contributed by atoms with Crippen molar-refractivity contribution < 1.29 is 44.9 Å². The molecular weight excluding hydrogens is 446 g/mol. The van der Waals surface area contributed by atoms with E-state index in [1.54, 1.807) is 30.3 Å². The van der Waals surface area contributed by atoms with E-state index >= 15 is 0 Å². The van der Waals surface area contributed by atoms with E-state index in [1.165, 1.54) is 31.3 Å². The highest BCUT2D eigenvalue weighted by Crippen LogP contribution is 2.50. The van der Waals surface area contributed by atoms with Crippen LogP contribution in [-0.2, 0) is 11.7 Å². The molecular formula is C24H29NO9. The highest BCUT2D eigenvalue weighted by atomic mass is 16.5. The first-order valence-electron chi connectivity index (χ1n) is 10.9. The van der Waals surface area contributed by atoms with Gasteiger partial charge in [0.05, 0.1) is 14.2 Å². The third kappa shape index (κ3) is 3.77. The molecule has 0 amide bonds. The van der Waals surface area contributed by atoms with Crippen molar-refractivity contribution in [2.24, 2.45) is 11.8 Å². The van der Waals surface area contributed by atoms with Crippen LogP contribution in [0.15, 0.2) is 42.5 Å². The fourth-order valence-electron chi connectivity index (χ4n) is 5.07. The largest absolute Gasteiger partial charge is 0.493 e. The Labute approximate surface area is 196 Å². The highest BCUT2D eigenvalue weighted by Gasteiger charge is 2.62. The summed E-state index contributed by atoms with van der Waals surface area (Å²) in [4.78, 5) is 14.5. The molecule has 1 aliphatic carbocycles. The molecule has 6 N–H and O–H groups in total. The lowest BCUT2D eigenvalue weighted by molar-refractivity contribution is -0.321. The zero-order chi connectivity index (χ0) is 24.9. The van der Waals surface area contributed by atoms with Crippen LogP contribution in [0.3, 0.4) is 0 Å². The van der Waals surface area contributed by atoms with E-state index < -0.39 is 35.1 Å². The standard InChI is InChI=1S/C24H29NO9/c1-33-18-12-16-17(13-19(18)34-2)23(29,30)21(20(16)26)22(27,28)14-8-10-25(11-9-14)24(31,32)15-6-4-3-5-7-15/h3-7,12-14,21,27-32H,8-11H2,1-2H3. The van der Waals surface area contributed by atoms with Crippen LogP contribution in [0.1, 0.15) is 34.3 Å². The minimum absolute atomic E-state index is 0.0611. The van der Waals surface area contributed by atoms with Gasteiger partial charge in [0.1, 0.15) is 5.92 Å². The first-order valence-corrected chi connectivity index (χ1v) is 10.9. The Morgan fingerprint density at radius 1 is 0.941 bits per heavy atom. The molecule has 0 bridgehead atoms. The topological polar surface area (TPSA) is 160 Å². The second-order valence-corrected chi connectivity index (χ2v) is 8.82. The molecule has 1 unspecified atom stereocenters. The van der Waals surface area contributed by atoms with Gasteiger partial charge in [0.25, 0.3) is 5.91 Å². The summed E-state index contributed by atoms with van der Waals surface area (Å²) in [7, 11) is 2.71. The van der Waals surface area contributed by atoms with Crippen LogP contribution in [-0.4, -0.2) is 74.4 Å². The summed E-state index contributed by atoms with van der Waals surface area (Å²) in [5.41, 5.74) is -0.0491. The van der Waals surface area contributed by atoms with Gasteiger partial charge < -0.3 is 40.1 Å². The average Bonchev–Trinajstić information content (AvgIpc) is 3.03. The van der Waals surface area contributed by atoms with Crippen molar-refractivity contribution in [3.8, 4) is 11.5 Å². The fraction of sp³-hybridized carbons (Fsp3) is 0.458. The van der Waals surface area contributed by atoms with Gasteiger partial charge in [-0.15, -0.1) is 0 Å². The summed E-state index contributed by atoms with van der Waals surface area (Å²) in [6.07, 6.45) is 0.122. The van der Waals surface area contributed by atoms with Gasteiger partial charge in [-0.3, -0.25) is 4.79 Å². The zero-order valence-electron chi connectivity index (χ0n) is 18.9. The maximum Gasteiger partial charge on any atom is 0.253 e. The van der Waals surface area contributed by atoms with Crippen molar-refractivity contribution in [3.05, 3.63) is 59.2 Å². The van der Waals surface area contributed by atoms with Crippen LogP contribution in [0.4, 0.5) is 0 Å². The van der Waals surface area contributed by atoms with E-state index in [0.29, 0.717) is 0 Å². The number of ketones is 1. The minimum Gasteiger partial charge on any atom is -0.493 e. The number of carbonyl (C=O) groups is 1. The van der Waals surface area contributed by atoms with Gasteiger partial charge in [-0.1, -0.05) is 30.3 Å². The molecule has 4 rings (SSSR count). The molecule has 10 heteroatoms. The molecule has 0 saturated carbocycles. The Bertz CT molecular complexity index is 1060. The smallest absolute Gasteiger partial charge is 0.253 e. The molecule has 1 aliphatic heterocycles. The molecule has 0 spiro atoms. The Hall–Kier alpha value is -2.57. The molecule has 2 aromatic carbocycles. The normalized spacial score (nSPS) is 21.4. The number of likely N-dealkylation sites (tertiary alicyclic amines) is 1. The summed E-state index contributed by atoms with van der Waals surface area (Å²) in [5.74, 6) is -11.3. The number of piperidine rings is 1. The number of hydrogen-bond acceptors (Lipinski definition) is 10. The third-order valence-corrected chi connectivity index (χ3v) is 6.97. The number of carbonyl (C=O) groups excluding carboxylic acids is 1. The maximum absolute atomic E-state index is 13.2. The molecule has 2 aromatic rings. The maximum atomic E-state index is 13.2. The van der Waals surface area contributed by atoms with E-state index in [4.69, 9.17) is 9.47 Å². The van der Waals surface area contributed by atoms with Gasteiger partial charge in [0.2, 0.25) is 5.79 Å². The lowest BCUT2D eigenvalue weighted by atomic mass is 9.77. The van der Waals surface area contributed by atoms with Gasteiger partial charge in [-0.05, 0) is 25.0 Å². The number of hydrogen-bond donors (Lipinski definition) is 6. The van der Waals surface area contributed by atoms with Crippen molar-refractivity contribution in [3.63, 3.8) is 0 Å². The summed E-state index contributed by atoms with van der Waals surface area (Å²) in [6, 6.07) is 10.7. The molecule has 0 radical (unpaired) electrons. The van der Waals surface area contributed by atoms with Gasteiger partial charge in [-0.2, -0.15) is 0 Å². The monoisotopic (exact) mass is 475 g/mol. The molecule has 1 saturated heterocycles. The van der Waals surface area contributed by atoms with Crippen molar-refractivity contribution in [1.82, 2.24) is 4.90 Å². The lowest BCUT2D eigenvalue weighted by Crippen LogP contribution is -2.58. The number of rotatable bonds is 6. The summed E-state index contributed by atoms with van der Waals surface area (Å²) in [6.45, 7) is 0.129. The van der Waals surface area contributed by atoms with Gasteiger partial charge in [-0.25, -0.2) is 4.90 Å². The predicted octanol–water partition coefficient (Wildman–Crippen LogP) is -0.158. The average molecular weight is 475 g/mol. The quantitative estimate of drug-likeness (QED) is 0.310. The summed E-state index contributed by atoms with van der Waals surface area (Å²) < 4.78 is 10.3. The molecule has 1 atom stereocenters. The fourth-order valence-corrected chi connectivity index (χ4v) is 5.07. The van der Waals surface area contributed by atoms with Crippen LogP contribution in [0.25, 0.3) is 0 Å². The minimum atomic E-state index is -2.87. The first kappa shape index (κ1) is 24.6. The van der Waals surface area contributed by atoms with E-state index in [9.17, 15) is 35.4 Å². The van der Waals surface area contributed by atoms with Crippen LogP contribution >= 0.6 is 0 Å². The SMILES string of the molecule is COc1cc2c(cc1OC)C(O)(O)C(C(O)(O)C1CCN(C(O)(O)c3ccccc3)CC1)C2=O. The second-order valence-electron chi connectivity index (χ2n) is 8.82. The number of nitrogens with zero attached hydrogens (tertiary/aromatic N) is 1. The number of methoxy groups -OCH3 is 2. The molecule has 0 aromatic heterocycles. The number of ether oxygens (including phenoxy) is 2. The van der Waals surface area contributed by atoms with E-state index in [1.807, 2.05) is 0 Å². The number of aliphatic hydroxyl groups is 6. The predicted molar refractivity (Wildman–Crippen MR) is 118 cm³/mol. The molecule has 184 valence electrons. The van der Waals surface area contributed by atoms with Crippen LogP contribution in [0.5, 0.6) is 11.5 Å². The Kier molecular flexibility index (Phi) is 6.19. The number of benzene rings is 2. The van der Waals surface area contributed by atoms with Crippen LogP contribution in [0.2, 0.25) is 0 Å². The van der Waals surface area contributed by atoms with Crippen molar-refractivity contribution in [2.45, 2.75) is 30.3 Å². The zero-order valence-corrected chi connectivity index (χ0v) is 18.9. The first-order chi connectivity index (χ1) is 16.0. The molecule has 1 heterocycles. The van der Waals surface area contributed by atoms with E-state index in [0.717, 1.165) is 0 Å². The summed E-state index contributed by atoms with van der Waals surface area (Å²) >= 11 is 0. The second kappa shape index (κ2) is 8.58. The molecule has 34 heavy (non-hydrogen) atoms. The third-order valence-electron chi connectivity index (χ3n) is 6.97. The van der Waals surface area contributed by atoms with Gasteiger partial charge in [0.15, 0.2) is 23.1 Å². The number of Topliss-reactive ketones (excluding diaryl/α,β-unsaturated/α-hetero) is 1. The van der Waals surface area contributed by atoms with E-state index in [2.05, 4.69) is 0 Å². The van der Waals surface area contributed by atoms with Gasteiger partial charge >= 0.3 is 0 Å². The van der Waals surface area contributed by atoms with Gasteiger partial charge in [0, 0.05) is 35.7 Å². The molecule has 10 nitrogen and oxygen atoms in total. The van der Waals surface area contributed by atoms with Crippen LogP contribution in [0, 0.1) is 11.8 Å². The van der Waals surface area contributed by atoms with Crippen molar-refractivity contribution in [1.29, 1.82) is 0 Å². The Balaban J connectivity index is 1.57. The molecule has 2 aliphatic rings. The molecule has 1 fully saturated rings. The summed E-state index contributed by atoms with van der Waals surface area (Å²) in [5, 5.41) is 65.2. The van der Waals surface area contributed by atoms with E-state index in [-0.39, 0.29) is 54.1 Å².